The Morgan fingerprint density at radius 3 is 2.54 bits per heavy atom. The summed E-state index contributed by atoms with van der Waals surface area (Å²) >= 11 is 1.12. The number of carboxylic acid groups (broad SMARTS) is 1. The molecule has 1 aliphatic heterocycles. The number of hydrogen-bond acceptors (Lipinski definition) is 9. The van der Waals surface area contributed by atoms with E-state index in [2.05, 4.69) is 30.1 Å². The Bertz CT molecular complexity index is 833. The first kappa shape index (κ1) is 20.4. The van der Waals surface area contributed by atoms with E-state index in [0.717, 1.165) is 43.3 Å². The van der Waals surface area contributed by atoms with Crippen molar-refractivity contribution < 1.29 is 15.0 Å². The third-order valence-electron chi connectivity index (χ3n) is 4.57. The SMILES string of the molecule is Cc1nc(Nc2nc(C(C)C)c(C(=O)O)s2)cc(N2CCN(CCO)CC2)n1. The first-order valence-electron chi connectivity index (χ1n) is 9.32. The number of aliphatic hydroxyl groups excluding tert-OH is 1. The van der Waals surface area contributed by atoms with Gasteiger partial charge in [0.2, 0.25) is 0 Å². The van der Waals surface area contributed by atoms with Crippen molar-refractivity contribution in [2.24, 2.45) is 0 Å². The monoisotopic (exact) mass is 406 g/mol. The molecule has 3 rings (SSSR count). The molecule has 0 saturated carbocycles. The second-order valence-corrected chi connectivity index (χ2v) is 8.03. The maximum absolute atomic E-state index is 11.5. The van der Waals surface area contributed by atoms with Gasteiger partial charge in [0, 0.05) is 38.8 Å². The molecule has 0 bridgehead atoms. The number of aryl methyl sites for hydroxylation is 1. The van der Waals surface area contributed by atoms with Crippen molar-refractivity contribution in [3.8, 4) is 0 Å². The van der Waals surface area contributed by atoms with E-state index in [1.165, 1.54) is 0 Å². The van der Waals surface area contributed by atoms with Crippen molar-refractivity contribution in [3.63, 3.8) is 0 Å². The van der Waals surface area contributed by atoms with Crippen LogP contribution in [-0.4, -0.2) is 75.4 Å². The van der Waals surface area contributed by atoms with Crippen LogP contribution >= 0.6 is 11.3 Å². The van der Waals surface area contributed by atoms with Gasteiger partial charge in [0.15, 0.2) is 5.13 Å². The van der Waals surface area contributed by atoms with Crippen LogP contribution in [0.3, 0.4) is 0 Å². The van der Waals surface area contributed by atoms with E-state index in [1.807, 2.05) is 26.8 Å². The van der Waals surface area contributed by atoms with E-state index in [-0.39, 0.29) is 17.4 Å². The van der Waals surface area contributed by atoms with Gasteiger partial charge >= 0.3 is 5.97 Å². The maximum atomic E-state index is 11.5. The Morgan fingerprint density at radius 2 is 1.96 bits per heavy atom. The fourth-order valence-electron chi connectivity index (χ4n) is 3.16. The summed E-state index contributed by atoms with van der Waals surface area (Å²) in [5.74, 6) is 1.13. The summed E-state index contributed by atoms with van der Waals surface area (Å²) in [6.07, 6.45) is 0. The first-order chi connectivity index (χ1) is 13.4. The van der Waals surface area contributed by atoms with Crippen molar-refractivity contribution >= 4 is 34.1 Å². The van der Waals surface area contributed by atoms with E-state index in [9.17, 15) is 9.90 Å². The number of nitrogens with one attached hydrogen (secondary N) is 1. The predicted molar refractivity (Wildman–Crippen MR) is 109 cm³/mol. The van der Waals surface area contributed by atoms with E-state index < -0.39 is 5.97 Å². The second kappa shape index (κ2) is 8.80. The molecule has 152 valence electrons. The fourth-order valence-corrected chi connectivity index (χ4v) is 4.13. The molecule has 0 spiro atoms. The number of carbonyl (C=O) groups is 1. The quantitative estimate of drug-likeness (QED) is 0.634. The molecule has 1 fully saturated rings. The number of aliphatic hydroxyl groups is 1. The molecule has 9 nitrogen and oxygen atoms in total. The van der Waals surface area contributed by atoms with Crippen LogP contribution in [0.15, 0.2) is 6.07 Å². The summed E-state index contributed by atoms with van der Waals surface area (Å²) in [5.41, 5.74) is 0.575. The summed E-state index contributed by atoms with van der Waals surface area (Å²) in [7, 11) is 0. The van der Waals surface area contributed by atoms with E-state index >= 15 is 0 Å². The lowest BCUT2D eigenvalue weighted by molar-refractivity contribution is 0.0700. The molecule has 2 aromatic rings. The summed E-state index contributed by atoms with van der Waals surface area (Å²) in [6, 6.07) is 1.87. The molecule has 0 aromatic carbocycles. The fraction of sp³-hybridized carbons (Fsp3) is 0.556. The van der Waals surface area contributed by atoms with Gasteiger partial charge in [-0.2, -0.15) is 0 Å². The van der Waals surface area contributed by atoms with Crippen LogP contribution in [0.1, 0.15) is 41.0 Å². The molecule has 1 aliphatic rings. The van der Waals surface area contributed by atoms with Crippen LogP contribution in [-0.2, 0) is 0 Å². The summed E-state index contributed by atoms with van der Waals surface area (Å²) < 4.78 is 0. The van der Waals surface area contributed by atoms with E-state index in [0.29, 0.717) is 29.0 Å². The highest BCUT2D eigenvalue weighted by atomic mass is 32.1. The summed E-state index contributed by atoms with van der Waals surface area (Å²) in [5, 5.41) is 22.1. The standard InChI is InChI=1S/C18H26N6O3S/c1-11(2)15-16(17(26)27)28-18(22-15)21-13-10-14(20-12(3)19-13)24-6-4-23(5-7-24)8-9-25/h10-11,25H,4-9H2,1-3H3,(H,26,27)(H,19,20,21,22). The molecule has 0 radical (unpaired) electrons. The van der Waals surface area contributed by atoms with Gasteiger partial charge in [0.05, 0.1) is 12.3 Å². The average molecular weight is 407 g/mol. The average Bonchev–Trinajstić information content (AvgIpc) is 3.06. The normalized spacial score (nSPS) is 15.2. The molecule has 10 heteroatoms. The van der Waals surface area contributed by atoms with Crippen molar-refractivity contribution in [1.29, 1.82) is 0 Å². The number of carboxylic acids is 1. The number of nitrogens with zero attached hydrogens (tertiary/aromatic N) is 5. The lowest BCUT2D eigenvalue weighted by Crippen LogP contribution is -2.47. The van der Waals surface area contributed by atoms with Gasteiger partial charge in [-0.1, -0.05) is 25.2 Å². The molecule has 0 aliphatic carbocycles. The Morgan fingerprint density at radius 1 is 1.25 bits per heavy atom. The molecule has 0 unspecified atom stereocenters. The maximum Gasteiger partial charge on any atom is 0.347 e. The molecule has 0 amide bonds. The van der Waals surface area contributed by atoms with Crippen LogP contribution < -0.4 is 10.2 Å². The number of thiazole rings is 1. The minimum absolute atomic E-state index is 0.0239. The Kier molecular flexibility index (Phi) is 6.42. The highest BCUT2D eigenvalue weighted by Gasteiger charge is 2.21. The molecule has 2 aromatic heterocycles. The predicted octanol–water partition coefficient (Wildman–Crippen LogP) is 1.92. The number of hydrogen-bond donors (Lipinski definition) is 3. The molecule has 3 N–H and O–H groups in total. The number of aromatic carboxylic acids is 1. The number of piperazine rings is 1. The van der Waals surface area contributed by atoms with Gasteiger partial charge in [0.25, 0.3) is 0 Å². The lowest BCUT2D eigenvalue weighted by atomic mass is 10.1. The van der Waals surface area contributed by atoms with Gasteiger partial charge in [-0.3, -0.25) is 4.90 Å². The van der Waals surface area contributed by atoms with Crippen LogP contribution in [0.5, 0.6) is 0 Å². The molecular formula is C18H26N6O3S. The van der Waals surface area contributed by atoms with Crippen LogP contribution in [0.4, 0.5) is 16.8 Å². The van der Waals surface area contributed by atoms with Crippen LogP contribution in [0.2, 0.25) is 0 Å². The highest BCUT2D eigenvalue weighted by molar-refractivity contribution is 7.17. The van der Waals surface area contributed by atoms with Crippen LogP contribution in [0, 0.1) is 6.92 Å². The van der Waals surface area contributed by atoms with Crippen LogP contribution in [0.25, 0.3) is 0 Å². The molecule has 0 atom stereocenters. The third-order valence-corrected chi connectivity index (χ3v) is 5.54. The van der Waals surface area contributed by atoms with Gasteiger partial charge < -0.3 is 20.4 Å². The van der Waals surface area contributed by atoms with Crippen molar-refractivity contribution in [2.45, 2.75) is 26.7 Å². The van der Waals surface area contributed by atoms with Crippen molar-refractivity contribution in [2.75, 3.05) is 49.5 Å². The Balaban J connectivity index is 1.77. The number of rotatable bonds is 7. The van der Waals surface area contributed by atoms with Gasteiger partial charge in [0.1, 0.15) is 22.3 Å². The second-order valence-electron chi connectivity index (χ2n) is 7.03. The lowest BCUT2D eigenvalue weighted by Gasteiger charge is -2.35. The summed E-state index contributed by atoms with van der Waals surface area (Å²) in [6.45, 7) is 9.95. The zero-order valence-corrected chi connectivity index (χ0v) is 17.2. The van der Waals surface area contributed by atoms with E-state index in [1.54, 1.807) is 0 Å². The van der Waals surface area contributed by atoms with Crippen molar-refractivity contribution in [3.05, 3.63) is 22.5 Å². The minimum Gasteiger partial charge on any atom is -0.477 e. The largest absolute Gasteiger partial charge is 0.477 e. The van der Waals surface area contributed by atoms with Crippen molar-refractivity contribution in [1.82, 2.24) is 19.9 Å². The Hall–Kier alpha value is -2.30. The van der Waals surface area contributed by atoms with E-state index in [4.69, 9.17) is 5.11 Å². The summed E-state index contributed by atoms with van der Waals surface area (Å²) in [4.78, 5) is 29.6. The molecular weight excluding hydrogens is 380 g/mol. The topological polar surface area (TPSA) is 115 Å². The van der Waals surface area contributed by atoms with Gasteiger partial charge in [-0.15, -0.1) is 0 Å². The minimum atomic E-state index is -0.963. The zero-order valence-electron chi connectivity index (χ0n) is 16.3. The highest BCUT2D eigenvalue weighted by Crippen LogP contribution is 2.30. The van der Waals surface area contributed by atoms with Gasteiger partial charge in [-0.05, 0) is 12.8 Å². The molecule has 1 saturated heterocycles. The molecule has 3 heterocycles. The number of anilines is 3. The zero-order chi connectivity index (χ0) is 20.3. The number of aromatic nitrogens is 3. The number of β-amino-alcohol motifs (C(OH)–C–C–N with tert-alkyl or cyclic N) is 1. The third kappa shape index (κ3) is 4.75. The smallest absolute Gasteiger partial charge is 0.347 e. The van der Waals surface area contributed by atoms with Gasteiger partial charge in [-0.25, -0.2) is 19.7 Å². The first-order valence-corrected chi connectivity index (χ1v) is 10.1. The Labute approximate surface area is 168 Å². The molecule has 28 heavy (non-hydrogen) atoms.